The van der Waals surface area contributed by atoms with Crippen LogP contribution in [0.15, 0.2) is 12.4 Å². The number of imidazole rings is 1. The molecule has 3 heteroatoms. The molecule has 1 atom stereocenters. The van der Waals surface area contributed by atoms with Crippen molar-refractivity contribution >= 4 is 0 Å². The average Bonchev–Trinajstić information content (AvgIpc) is 2.58. The van der Waals surface area contributed by atoms with Gasteiger partial charge in [-0.3, -0.25) is 0 Å². The molecule has 74 valence electrons. The largest absolute Gasteiger partial charge is 0.347 e. The number of rotatable bonds is 5. The molecule has 0 saturated heterocycles. The molecule has 0 spiro atoms. The molecule has 1 unspecified atom stereocenters. The van der Waals surface area contributed by atoms with Gasteiger partial charge in [-0.1, -0.05) is 13.8 Å². The van der Waals surface area contributed by atoms with Crippen LogP contribution in [-0.2, 0) is 0 Å². The van der Waals surface area contributed by atoms with Crippen molar-refractivity contribution in [2.24, 2.45) is 5.92 Å². The third kappa shape index (κ3) is 3.19. The van der Waals surface area contributed by atoms with Crippen molar-refractivity contribution < 1.29 is 0 Å². The fourth-order valence-electron chi connectivity index (χ4n) is 1.39. The molecular weight excluding hydrogens is 162 g/mol. The van der Waals surface area contributed by atoms with Gasteiger partial charge in [-0.05, 0) is 25.8 Å². The summed E-state index contributed by atoms with van der Waals surface area (Å²) in [5.41, 5.74) is 0. The van der Waals surface area contributed by atoms with Crippen LogP contribution in [0.5, 0.6) is 0 Å². The molecule has 0 aliphatic heterocycles. The summed E-state index contributed by atoms with van der Waals surface area (Å²) < 4.78 is 0. The van der Waals surface area contributed by atoms with Crippen molar-refractivity contribution in [3.63, 3.8) is 0 Å². The highest BCUT2D eigenvalue weighted by Gasteiger charge is 2.11. The smallest absolute Gasteiger partial charge is 0.123 e. The van der Waals surface area contributed by atoms with Gasteiger partial charge in [0, 0.05) is 12.4 Å². The lowest BCUT2D eigenvalue weighted by molar-refractivity contribution is 0.452. The fourth-order valence-corrected chi connectivity index (χ4v) is 1.39. The fraction of sp³-hybridized carbons (Fsp3) is 0.700. The summed E-state index contributed by atoms with van der Waals surface area (Å²) in [7, 11) is 1.98. The normalized spacial score (nSPS) is 13.5. The average molecular weight is 181 g/mol. The van der Waals surface area contributed by atoms with Gasteiger partial charge in [0.05, 0.1) is 6.04 Å². The highest BCUT2D eigenvalue weighted by atomic mass is 15.0. The number of hydrogen-bond donors (Lipinski definition) is 2. The Morgan fingerprint density at radius 3 is 2.69 bits per heavy atom. The van der Waals surface area contributed by atoms with Crippen molar-refractivity contribution in [3.8, 4) is 0 Å². The summed E-state index contributed by atoms with van der Waals surface area (Å²) in [5.74, 6) is 1.80. The second-order valence-electron chi connectivity index (χ2n) is 3.79. The zero-order chi connectivity index (χ0) is 9.68. The van der Waals surface area contributed by atoms with Crippen LogP contribution in [0.25, 0.3) is 0 Å². The number of H-pyrrole nitrogens is 1. The molecule has 0 aromatic carbocycles. The van der Waals surface area contributed by atoms with Gasteiger partial charge >= 0.3 is 0 Å². The van der Waals surface area contributed by atoms with Crippen LogP contribution in [0.3, 0.4) is 0 Å². The van der Waals surface area contributed by atoms with E-state index in [4.69, 9.17) is 0 Å². The Hall–Kier alpha value is -0.830. The topological polar surface area (TPSA) is 40.7 Å². The number of aromatic amines is 1. The van der Waals surface area contributed by atoms with E-state index < -0.39 is 0 Å². The summed E-state index contributed by atoms with van der Waals surface area (Å²) in [5, 5.41) is 3.27. The lowest BCUT2D eigenvalue weighted by Crippen LogP contribution is -2.18. The van der Waals surface area contributed by atoms with Crippen LogP contribution in [-0.4, -0.2) is 17.0 Å². The highest BCUT2D eigenvalue weighted by Crippen LogP contribution is 2.16. The Morgan fingerprint density at radius 2 is 2.23 bits per heavy atom. The maximum atomic E-state index is 4.25. The molecule has 1 aromatic heterocycles. The Labute approximate surface area is 80.0 Å². The highest BCUT2D eigenvalue weighted by molar-refractivity contribution is 4.94. The molecule has 0 fully saturated rings. The summed E-state index contributed by atoms with van der Waals surface area (Å²) in [6.07, 6.45) is 6.04. The Balaban J connectivity index is 2.44. The Kier molecular flexibility index (Phi) is 3.96. The summed E-state index contributed by atoms with van der Waals surface area (Å²) >= 11 is 0. The lowest BCUT2D eigenvalue weighted by atomic mass is 10.0. The lowest BCUT2D eigenvalue weighted by Gasteiger charge is -2.14. The predicted molar refractivity (Wildman–Crippen MR) is 54.5 cm³/mol. The van der Waals surface area contributed by atoms with Gasteiger partial charge in [0.1, 0.15) is 5.82 Å². The standard InChI is InChI=1S/C10H19N3/c1-8(2)4-5-9(11-3)10-12-6-7-13-10/h6-9,11H,4-5H2,1-3H3,(H,12,13). The molecule has 1 rings (SSSR count). The van der Waals surface area contributed by atoms with Crippen molar-refractivity contribution in [3.05, 3.63) is 18.2 Å². The van der Waals surface area contributed by atoms with Gasteiger partial charge in [-0.15, -0.1) is 0 Å². The first-order valence-electron chi connectivity index (χ1n) is 4.90. The van der Waals surface area contributed by atoms with E-state index in [1.807, 2.05) is 13.2 Å². The third-order valence-electron chi connectivity index (χ3n) is 2.23. The molecule has 0 saturated carbocycles. The van der Waals surface area contributed by atoms with Crippen LogP contribution in [0.1, 0.15) is 38.6 Å². The van der Waals surface area contributed by atoms with Crippen molar-refractivity contribution in [1.82, 2.24) is 15.3 Å². The quantitative estimate of drug-likeness (QED) is 0.730. The van der Waals surface area contributed by atoms with Gasteiger partial charge in [-0.25, -0.2) is 4.98 Å². The van der Waals surface area contributed by atoms with E-state index in [1.54, 1.807) is 6.20 Å². The van der Waals surface area contributed by atoms with E-state index in [0.717, 1.165) is 18.2 Å². The maximum absolute atomic E-state index is 4.25. The second-order valence-corrected chi connectivity index (χ2v) is 3.79. The van der Waals surface area contributed by atoms with E-state index in [9.17, 15) is 0 Å². The van der Waals surface area contributed by atoms with Crippen molar-refractivity contribution in [1.29, 1.82) is 0 Å². The summed E-state index contributed by atoms with van der Waals surface area (Å²) in [6.45, 7) is 4.49. The minimum absolute atomic E-state index is 0.373. The molecule has 2 N–H and O–H groups in total. The monoisotopic (exact) mass is 181 g/mol. The second kappa shape index (κ2) is 5.02. The number of nitrogens with one attached hydrogen (secondary N) is 2. The third-order valence-corrected chi connectivity index (χ3v) is 2.23. The van der Waals surface area contributed by atoms with Gasteiger partial charge in [0.25, 0.3) is 0 Å². The molecule has 1 heterocycles. The molecule has 1 aromatic rings. The number of nitrogens with zero attached hydrogens (tertiary/aromatic N) is 1. The van der Waals surface area contributed by atoms with E-state index in [2.05, 4.69) is 29.1 Å². The SMILES string of the molecule is CNC(CCC(C)C)c1ncc[nH]1. The minimum atomic E-state index is 0.373. The van der Waals surface area contributed by atoms with E-state index in [-0.39, 0.29) is 0 Å². The Morgan fingerprint density at radius 1 is 1.46 bits per heavy atom. The molecular formula is C10H19N3. The van der Waals surface area contributed by atoms with Gasteiger partial charge in [-0.2, -0.15) is 0 Å². The van der Waals surface area contributed by atoms with E-state index in [0.29, 0.717) is 6.04 Å². The van der Waals surface area contributed by atoms with Crippen LogP contribution in [0.4, 0.5) is 0 Å². The first-order valence-corrected chi connectivity index (χ1v) is 4.90. The van der Waals surface area contributed by atoms with Gasteiger partial charge < -0.3 is 10.3 Å². The summed E-state index contributed by atoms with van der Waals surface area (Å²) in [4.78, 5) is 7.39. The maximum Gasteiger partial charge on any atom is 0.123 e. The molecule has 0 radical (unpaired) electrons. The van der Waals surface area contributed by atoms with Crippen molar-refractivity contribution in [2.45, 2.75) is 32.7 Å². The zero-order valence-electron chi connectivity index (χ0n) is 8.67. The molecule has 0 bridgehead atoms. The molecule has 0 aliphatic carbocycles. The van der Waals surface area contributed by atoms with Crippen LogP contribution < -0.4 is 5.32 Å². The zero-order valence-corrected chi connectivity index (χ0v) is 8.67. The number of hydrogen-bond acceptors (Lipinski definition) is 2. The van der Waals surface area contributed by atoms with Gasteiger partial charge in [0.2, 0.25) is 0 Å². The first kappa shape index (κ1) is 10.3. The molecule has 13 heavy (non-hydrogen) atoms. The Bertz CT molecular complexity index is 216. The molecule has 3 nitrogen and oxygen atoms in total. The summed E-state index contributed by atoms with van der Waals surface area (Å²) in [6, 6.07) is 0.373. The van der Waals surface area contributed by atoms with Crippen molar-refractivity contribution in [2.75, 3.05) is 7.05 Å². The van der Waals surface area contributed by atoms with Crippen LogP contribution in [0.2, 0.25) is 0 Å². The first-order chi connectivity index (χ1) is 6.24. The van der Waals surface area contributed by atoms with Gasteiger partial charge in [0.15, 0.2) is 0 Å². The van der Waals surface area contributed by atoms with E-state index in [1.165, 1.54) is 6.42 Å². The predicted octanol–water partition coefficient (Wildman–Crippen LogP) is 2.11. The van der Waals surface area contributed by atoms with Crippen LogP contribution >= 0.6 is 0 Å². The van der Waals surface area contributed by atoms with Crippen LogP contribution in [0, 0.1) is 5.92 Å². The van der Waals surface area contributed by atoms with E-state index >= 15 is 0 Å². The molecule has 0 amide bonds. The number of aromatic nitrogens is 2. The minimum Gasteiger partial charge on any atom is -0.347 e. The molecule has 0 aliphatic rings.